The Morgan fingerprint density at radius 2 is 1.56 bits per heavy atom. The summed E-state index contributed by atoms with van der Waals surface area (Å²) in [5, 5.41) is 68.2. The molecule has 11 heteroatoms. The molecule has 0 radical (unpaired) electrons. The lowest BCUT2D eigenvalue weighted by molar-refractivity contribution is -0.319. The minimum atomic E-state index is -1.82. The van der Waals surface area contributed by atoms with E-state index in [0.717, 1.165) is 0 Å². The van der Waals surface area contributed by atoms with Gasteiger partial charge in [0.05, 0.1) is 13.2 Å². The van der Waals surface area contributed by atoms with Gasteiger partial charge in [0, 0.05) is 6.61 Å². The van der Waals surface area contributed by atoms with Crippen LogP contribution < -0.4 is 0 Å². The number of aliphatic hydroxyl groups excluding tert-OH is 7. The lowest BCUT2D eigenvalue weighted by Gasteiger charge is -2.41. The van der Waals surface area contributed by atoms with Crippen molar-refractivity contribution in [2.24, 2.45) is 0 Å². The van der Waals surface area contributed by atoms with Crippen LogP contribution in [0.5, 0.6) is 0 Å². The summed E-state index contributed by atoms with van der Waals surface area (Å²) in [6.45, 7) is -0.228. The first-order chi connectivity index (χ1) is 11.8. The van der Waals surface area contributed by atoms with Crippen molar-refractivity contribution in [2.45, 2.75) is 61.7 Å². The molecule has 0 amide bonds. The third-order valence-electron chi connectivity index (χ3n) is 4.41. The Morgan fingerprint density at radius 3 is 2.08 bits per heavy atom. The van der Waals surface area contributed by atoms with Gasteiger partial charge in [0.2, 0.25) is 5.79 Å². The van der Waals surface area contributed by atoms with Crippen LogP contribution in [0, 0.1) is 0 Å². The molecule has 0 aromatic rings. The van der Waals surface area contributed by atoms with Crippen molar-refractivity contribution in [3.05, 3.63) is 0 Å². The van der Waals surface area contributed by atoms with Gasteiger partial charge in [0.15, 0.2) is 6.29 Å². The average Bonchev–Trinajstić information content (AvgIpc) is 2.88. The Balaban J connectivity index is 2.16. The van der Waals surface area contributed by atoms with Gasteiger partial charge in [-0.25, -0.2) is 0 Å². The fourth-order valence-corrected chi connectivity index (χ4v) is 3.02. The van der Waals surface area contributed by atoms with Crippen LogP contribution in [0.4, 0.5) is 0 Å². The molecule has 0 aromatic carbocycles. The summed E-state index contributed by atoms with van der Waals surface area (Å²) in [4.78, 5) is 0. The molecule has 11 nitrogen and oxygen atoms in total. The van der Waals surface area contributed by atoms with Crippen molar-refractivity contribution in [1.29, 1.82) is 0 Å². The van der Waals surface area contributed by atoms with Gasteiger partial charge in [0.1, 0.15) is 49.3 Å². The largest absolute Gasteiger partial charge is 0.394 e. The summed E-state index contributed by atoms with van der Waals surface area (Å²) < 4.78 is 21.3. The van der Waals surface area contributed by atoms with E-state index in [1.807, 2.05) is 0 Å². The van der Waals surface area contributed by atoms with Crippen LogP contribution >= 0.6 is 0 Å². The lowest BCUT2D eigenvalue weighted by Crippen LogP contribution is -2.61. The molecule has 2 aliphatic heterocycles. The Labute approximate surface area is 143 Å². The van der Waals surface area contributed by atoms with Crippen molar-refractivity contribution in [2.75, 3.05) is 26.4 Å². The molecular formula is C14H26O11. The Kier molecular flexibility index (Phi) is 7.09. The molecule has 0 spiro atoms. The van der Waals surface area contributed by atoms with Gasteiger partial charge < -0.3 is 54.7 Å². The summed E-state index contributed by atoms with van der Waals surface area (Å²) in [6, 6.07) is 0. The maximum atomic E-state index is 10.4. The van der Waals surface area contributed by atoms with Crippen molar-refractivity contribution < 1.29 is 54.7 Å². The summed E-state index contributed by atoms with van der Waals surface area (Å²) in [7, 11) is 0. The van der Waals surface area contributed by atoms with Crippen LogP contribution in [0.25, 0.3) is 0 Å². The maximum Gasteiger partial charge on any atom is 0.221 e. The minimum Gasteiger partial charge on any atom is -0.394 e. The summed E-state index contributed by atoms with van der Waals surface area (Å²) in [6.07, 6.45) is -11.5. The predicted molar refractivity (Wildman–Crippen MR) is 78.0 cm³/mol. The van der Waals surface area contributed by atoms with E-state index in [-0.39, 0.29) is 6.61 Å². The SMILES string of the molecule is CCO[C@@]1(CO)O[C@H](CO)[C@@H](O[C@@H]2O[C@H](CO)[C@H](O)[C@H](O)[C@H]2O)[C@@H]1O. The Hall–Kier alpha value is -0.440. The molecule has 0 unspecified atom stereocenters. The van der Waals surface area contributed by atoms with E-state index in [9.17, 15) is 35.7 Å². The number of aliphatic hydroxyl groups is 7. The first kappa shape index (κ1) is 20.9. The smallest absolute Gasteiger partial charge is 0.221 e. The van der Waals surface area contributed by atoms with E-state index in [1.54, 1.807) is 6.92 Å². The van der Waals surface area contributed by atoms with Gasteiger partial charge in [-0.05, 0) is 6.92 Å². The van der Waals surface area contributed by atoms with E-state index in [1.165, 1.54) is 0 Å². The van der Waals surface area contributed by atoms with Gasteiger partial charge >= 0.3 is 0 Å². The highest BCUT2D eigenvalue weighted by Crippen LogP contribution is 2.36. The molecule has 7 N–H and O–H groups in total. The Bertz CT molecular complexity index is 422. The van der Waals surface area contributed by atoms with Gasteiger partial charge in [-0.15, -0.1) is 0 Å². The van der Waals surface area contributed by atoms with Crippen LogP contribution in [-0.2, 0) is 18.9 Å². The maximum absolute atomic E-state index is 10.4. The quantitative estimate of drug-likeness (QED) is 0.230. The highest BCUT2D eigenvalue weighted by atomic mass is 16.8. The number of hydrogen-bond donors (Lipinski definition) is 7. The average molecular weight is 370 g/mol. The molecule has 0 bridgehead atoms. The van der Waals surface area contributed by atoms with Crippen LogP contribution in [0.3, 0.4) is 0 Å². The third-order valence-corrected chi connectivity index (χ3v) is 4.41. The van der Waals surface area contributed by atoms with E-state index in [4.69, 9.17) is 18.9 Å². The van der Waals surface area contributed by atoms with Gasteiger partial charge in [-0.1, -0.05) is 0 Å². The fourth-order valence-electron chi connectivity index (χ4n) is 3.02. The normalized spacial score (nSPS) is 48.0. The standard InChI is InChI=1S/C14H26O11/c1-2-22-14(5-17)12(21)11(7(4-16)25-14)24-13-10(20)9(19)8(18)6(3-15)23-13/h6-13,15-21H,2-5H2,1H3/t6-,7-,8+,9+,10-,11-,12+,13+,14+/m1/s1. The zero-order valence-corrected chi connectivity index (χ0v) is 13.7. The molecular weight excluding hydrogens is 344 g/mol. The van der Waals surface area contributed by atoms with E-state index in [2.05, 4.69) is 0 Å². The monoisotopic (exact) mass is 370 g/mol. The molecule has 148 valence electrons. The van der Waals surface area contributed by atoms with E-state index >= 15 is 0 Å². The highest BCUT2D eigenvalue weighted by molar-refractivity contribution is 4.99. The van der Waals surface area contributed by atoms with Crippen molar-refractivity contribution in [3.8, 4) is 0 Å². The molecule has 9 atom stereocenters. The Morgan fingerprint density at radius 1 is 0.920 bits per heavy atom. The van der Waals surface area contributed by atoms with Gasteiger partial charge in [-0.3, -0.25) is 0 Å². The zero-order valence-electron chi connectivity index (χ0n) is 13.7. The second-order valence-electron chi connectivity index (χ2n) is 5.98. The first-order valence-electron chi connectivity index (χ1n) is 8.02. The van der Waals surface area contributed by atoms with E-state index < -0.39 is 74.6 Å². The van der Waals surface area contributed by atoms with Crippen molar-refractivity contribution >= 4 is 0 Å². The van der Waals surface area contributed by atoms with Gasteiger partial charge in [-0.2, -0.15) is 0 Å². The number of ether oxygens (including phenoxy) is 4. The second kappa shape index (κ2) is 8.50. The van der Waals surface area contributed by atoms with Crippen molar-refractivity contribution in [3.63, 3.8) is 0 Å². The van der Waals surface area contributed by atoms with Crippen LogP contribution in [-0.4, -0.2) is 117 Å². The lowest BCUT2D eigenvalue weighted by atomic mass is 9.99. The van der Waals surface area contributed by atoms with Crippen LogP contribution in [0.1, 0.15) is 6.92 Å². The summed E-state index contributed by atoms with van der Waals surface area (Å²) >= 11 is 0. The second-order valence-corrected chi connectivity index (χ2v) is 5.98. The van der Waals surface area contributed by atoms with Gasteiger partial charge in [0.25, 0.3) is 0 Å². The number of hydrogen-bond acceptors (Lipinski definition) is 11. The topological polar surface area (TPSA) is 179 Å². The molecule has 0 aliphatic carbocycles. The summed E-state index contributed by atoms with van der Waals surface area (Å²) in [5.74, 6) is -1.82. The van der Waals surface area contributed by atoms with E-state index in [0.29, 0.717) is 0 Å². The minimum absolute atomic E-state index is 0.0997. The van der Waals surface area contributed by atoms with Crippen LogP contribution in [0.15, 0.2) is 0 Å². The van der Waals surface area contributed by atoms with Crippen LogP contribution in [0.2, 0.25) is 0 Å². The molecule has 2 rings (SSSR count). The first-order valence-corrected chi connectivity index (χ1v) is 8.02. The fraction of sp³-hybridized carbons (Fsp3) is 1.00. The molecule has 2 saturated heterocycles. The molecule has 2 fully saturated rings. The third kappa shape index (κ3) is 3.82. The molecule has 2 aliphatic rings. The zero-order chi connectivity index (χ0) is 18.8. The van der Waals surface area contributed by atoms with Crippen molar-refractivity contribution in [1.82, 2.24) is 0 Å². The molecule has 2 heterocycles. The number of rotatable bonds is 7. The predicted octanol–water partition coefficient (Wildman–Crippen LogP) is -4.35. The molecule has 25 heavy (non-hydrogen) atoms. The molecule has 0 saturated carbocycles. The highest BCUT2D eigenvalue weighted by Gasteiger charge is 2.58. The molecule has 0 aromatic heterocycles. The summed E-state index contributed by atoms with van der Waals surface area (Å²) in [5.41, 5.74) is 0.